The molecule has 3 rings (SSSR count). The zero-order valence-electron chi connectivity index (χ0n) is 19.4. The van der Waals surface area contributed by atoms with Crippen LogP contribution in [0.1, 0.15) is 46.8 Å². The van der Waals surface area contributed by atoms with Crippen molar-refractivity contribution in [2.24, 2.45) is 0 Å². The zero-order valence-corrected chi connectivity index (χ0v) is 19.4. The van der Waals surface area contributed by atoms with E-state index in [0.29, 0.717) is 5.56 Å². The Morgan fingerprint density at radius 3 is 1.92 bits per heavy atom. The van der Waals surface area contributed by atoms with Gasteiger partial charge in [-0.1, -0.05) is 50.2 Å². The fourth-order valence-corrected chi connectivity index (χ4v) is 3.28. The van der Waals surface area contributed by atoms with Crippen LogP contribution in [0.4, 0.5) is 24.5 Å². The van der Waals surface area contributed by atoms with Crippen LogP contribution in [-0.4, -0.2) is 22.9 Å². The molecule has 0 spiro atoms. The smallest absolute Gasteiger partial charge is 0.416 e. The summed E-state index contributed by atoms with van der Waals surface area (Å²) in [5, 5.41) is 14.0. The van der Waals surface area contributed by atoms with Crippen LogP contribution in [0.2, 0.25) is 0 Å². The molecule has 0 heterocycles. The summed E-state index contributed by atoms with van der Waals surface area (Å²) in [6.45, 7) is 4.02. The molecule has 6 nitrogen and oxygen atoms in total. The number of benzene rings is 3. The molecule has 186 valence electrons. The minimum Gasteiger partial charge on any atom is -0.478 e. The Balaban J connectivity index is 1.95. The van der Waals surface area contributed by atoms with Gasteiger partial charge in [0, 0.05) is 11.4 Å². The van der Waals surface area contributed by atoms with Crippen LogP contribution in [0.15, 0.2) is 78.4 Å². The molecule has 0 saturated heterocycles. The Morgan fingerprint density at radius 2 is 1.39 bits per heavy atom. The Morgan fingerprint density at radius 1 is 0.833 bits per heavy atom. The quantitative estimate of drug-likeness (QED) is 0.207. The SMILES string of the molecule is CC(C)c1ccc(/C=C(\C(=O)Nc2cccc(C(=O)O)c2)C(=O)Nc2cccc(C(F)(F)F)c2)cc1. The number of amides is 2. The second kappa shape index (κ2) is 10.9. The van der Waals surface area contributed by atoms with Crippen molar-refractivity contribution in [3.63, 3.8) is 0 Å². The first-order chi connectivity index (χ1) is 16.9. The molecule has 9 heteroatoms. The van der Waals surface area contributed by atoms with E-state index >= 15 is 0 Å². The summed E-state index contributed by atoms with van der Waals surface area (Å²) >= 11 is 0. The third-order valence-corrected chi connectivity index (χ3v) is 5.22. The normalized spacial score (nSPS) is 11.8. The molecule has 3 aromatic carbocycles. The lowest BCUT2D eigenvalue weighted by atomic mass is 10.0. The molecule has 0 aliphatic heterocycles. The number of carbonyl (C=O) groups excluding carboxylic acids is 2. The van der Waals surface area contributed by atoms with Crippen LogP contribution >= 0.6 is 0 Å². The monoisotopic (exact) mass is 496 g/mol. The Bertz CT molecular complexity index is 1310. The lowest BCUT2D eigenvalue weighted by Gasteiger charge is -2.13. The summed E-state index contributed by atoms with van der Waals surface area (Å²) in [5.41, 5.74) is 0.135. The van der Waals surface area contributed by atoms with Crippen molar-refractivity contribution in [3.8, 4) is 0 Å². The number of carboxylic acid groups (broad SMARTS) is 1. The van der Waals surface area contributed by atoms with Crippen molar-refractivity contribution in [1.82, 2.24) is 0 Å². The van der Waals surface area contributed by atoms with E-state index in [9.17, 15) is 32.7 Å². The Hall–Kier alpha value is -4.40. The van der Waals surface area contributed by atoms with E-state index in [1.54, 1.807) is 12.1 Å². The Labute approximate surface area is 205 Å². The molecule has 36 heavy (non-hydrogen) atoms. The fourth-order valence-electron chi connectivity index (χ4n) is 3.28. The number of hydrogen-bond donors (Lipinski definition) is 3. The number of alkyl halides is 3. The van der Waals surface area contributed by atoms with Crippen molar-refractivity contribution >= 4 is 35.2 Å². The first-order valence-electron chi connectivity index (χ1n) is 10.9. The summed E-state index contributed by atoms with van der Waals surface area (Å²) in [4.78, 5) is 37.3. The first-order valence-corrected chi connectivity index (χ1v) is 10.9. The second-order valence-electron chi connectivity index (χ2n) is 8.25. The standard InChI is InChI=1S/C27H23F3N2O4/c1-16(2)18-11-9-17(10-12-18)13-23(24(33)31-21-7-3-5-19(14-21)26(35)36)25(34)32-22-8-4-6-20(15-22)27(28,29)30/h3-16H,1-2H3,(H,31,33)(H,32,34)(H,35,36)/b23-13+. The molecule has 3 N–H and O–H groups in total. The van der Waals surface area contributed by atoms with Crippen LogP contribution < -0.4 is 10.6 Å². The molecule has 2 amide bonds. The summed E-state index contributed by atoms with van der Waals surface area (Å²) in [6, 6.07) is 16.6. The number of hydrogen-bond acceptors (Lipinski definition) is 3. The van der Waals surface area contributed by atoms with Crippen molar-refractivity contribution in [1.29, 1.82) is 0 Å². The highest BCUT2D eigenvalue weighted by Gasteiger charge is 2.30. The molecule has 0 bridgehead atoms. The average Bonchev–Trinajstić information content (AvgIpc) is 2.82. The third-order valence-electron chi connectivity index (χ3n) is 5.22. The van der Waals surface area contributed by atoms with Gasteiger partial charge in [-0.3, -0.25) is 9.59 Å². The molecule has 0 aliphatic rings. The van der Waals surface area contributed by atoms with Gasteiger partial charge in [-0.15, -0.1) is 0 Å². The van der Waals surface area contributed by atoms with E-state index in [0.717, 1.165) is 23.8 Å². The van der Waals surface area contributed by atoms with Gasteiger partial charge in [0.05, 0.1) is 11.1 Å². The maximum Gasteiger partial charge on any atom is 0.416 e. The molecule has 0 atom stereocenters. The maximum atomic E-state index is 13.1. The minimum atomic E-state index is -4.61. The highest BCUT2D eigenvalue weighted by molar-refractivity contribution is 6.28. The van der Waals surface area contributed by atoms with Crippen LogP contribution in [0.5, 0.6) is 0 Å². The first kappa shape index (κ1) is 26.2. The summed E-state index contributed by atoms with van der Waals surface area (Å²) in [5.74, 6) is -2.74. The van der Waals surface area contributed by atoms with Crippen LogP contribution in [0, 0.1) is 0 Å². The van der Waals surface area contributed by atoms with Crippen LogP contribution in [0.3, 0.4) is 0 Å². The highest BCUT2D eigenvalue weighted by Crippen LogP contribution is 2.31. The van der Waals surface area contributed by atoms with Gasteiger partial charge in [0.15, 0.2) is 0 Å². The number of carbonyl (C=O) groups is 3. The van der Waals surface area contributed by atoms with Crippen molar-refractivity contribution in [2.75, 3.05) is 10.6 Å². The number of halogens is 3. The van der Waals surface area contributed by atoms with E-state index in [1.165, 1.54) is 36.4 Å². The number of aromatic carboxylic acids is 1. The molecule has 0 unspecified atom stereocenters. The van der Waals surface area contributed by atoms with Crippen molar-refractivity contribution in [3.05, 3.63) is 101 Å². The predicted molar refractivity (Wildman–Crippen MR) is 131 cm³/mol. The summed E-state index contributed by atoms with van der Waals surface area (Å²) < 4.78 is 39.2. The van der Waals surface area contributed by atoms with Gasteiger partial charge in [0.1, 0.15) is 5.57 Å². The van der Waals surface area contributed by atoms with Gasteiger partial charge in [0.2, 0.25) is 0 Å². The zero-order chi connectivity index (χ0) is 26.5. The van der Waals surface area contributed by atoms with E-state index in [1.807, 2.05) is 26.0 Å². The number of nitrogens with one attached hydrogen (secondary N) is 2. The summed E-state index contributed by atoms with van der Waals surface area (Å²) in [7, 11) is 0. The van der Waals surface area contributed by atoms with Crippen molar-refractivity contribution in [2.45, 2.75) is 25.9 Å². The topological polar surface area (TPSA) is 95.5 Å². The number of carboxylic acids is 1. The average molecular weight is 496 g/mol. The predicted octanol–water partition coefficient (Wildman–Crippen LogP) is 6.19. The number of rotatable bonds is 7. The minimum absolute atomic E-state index is 0.0731. The van der Waals surface area contributed by atoms with Gasteiger partial charge in [0.25, 0.3) is 11.8 Å². The van der Waals surface area contributed by atoms with Gasteiger partial charge in [-0.2, -0.15) is 13.2 Å². The Kier molecular flexibility index (Phi) is 7.93. The molecule has 0 radical (unpaired) electrons. The molecule has 0 aromatic heterocycles. The largest absolute Gasteiger partial charge is 0.478 e. The van der Waals surface area contributed by atoms with E-state index < -0.39 is 29.5 Å². The van der Waals surface area contributed by atoms with Crippen LogP contribution in [0.25, 0.3) is 6.08 Å². The van der Waals surface area contributed by atoms with Gasteiger partial charge in [-0.05, 0) is 59.5 Å². The summed E-state index contributed by atoms with van der Waals surface area (Å²) in [6.07, 6.45) is -3.30. The molecule has 0 aliphatic carbocycles. The number of anilines is 2. The van der Waals surface area contributed by atoms with Crippen molar-refractivity contribution < 1.29 is 32.7 Å². The maximum absolute atomic E-state index is 13.1. The second-order valence-corrected chi connectivity index (χ2v) is 8.25. The van der Waals surface area contributed by atoms with E-state index in [-0.39, 0.29) is 28.4 Å². The van der Waals surface area contributed by atoms with Gasteiger partial charge in [-0.25, -0.2) is 4.79 Å². The fraction of sp³-hybridized carbons (Fsp3) is 0.148. The lowest BCUT2D eigenvalue weighted by molar-refractivity contribution is -0.137. The molecular weight excluding hydrogens is 473 g/mol. The highest BCUT2D eigenvalue weighted by atomic mass is 19.4. The molecule has 0 saturated carbocycles. The molecular formula is C27H23F3N2O4. The van der Waals surface area contributed by atoms with Gasteiger partial charge >= 0.3 is 12.1 Å². The van der Waals surface area contributed by atoms with E-state index in [4.69, 9.17) is 0 Å². The van der Waals surface area contributed by atoms with Gasteiger partial charge < -0.3 is 15.7 Å². The van der Waals surface area contributed by atoms with E-state index in [2.05, 4.69) is 10.6 Å². The third kappa shape index (κ3) is 6.82. The molecule has 0 fully saturated rings. The van der Waals surface area contributed by atoms with Crippen LogP contribution in [-0.2, 0) is 15.8 Å². The lowest BCUT2D eigenvalue weighted by Crippen LogP contribution is -2.25. The molecule has 3 aromatic rings.